The molecule has 0 atom stereocenters. The number of hydrogen-bond acceptors (Lipinski definition) is 4. The van der Waals surface area contributed by atoms with Crippen LogP contribution in [0, 0.1) is 0 Å². The van der Waals surface area contributed by atoms with Crippen LogP contribution in [0.3, 0.4) is 0 Å². The lowest BCUT2D eigenvalue weighted by molar-refractivity contribution is 0.103. The van der Waals surface area contributed by atoms with Crippen LogP contribution in [0.25, 0.3) is 0 Å². The van der Waals surface area contributed by atoms with E-state index in [2.05, 4.69) is 4.98 Å². The molecule has 0 aliphatic heterocycles. The lowest BCUT2D eigenvalue weighted by Crippen LogP contribution is -2.27. The number of aryl methyl sites for hydroxylation is 1. The molecule has 2 aromatic rings. The van der Waals surface area contributed by atoms with Gasteiger partial charge in [0, 0.05) is 12.6 Å². The molecule has 1 aromatic carbocycles. The Morgan fingerprint density at radius 2 is 1.94 bits per heavy atom. The third kappa shape index (κ3) is 1.94. The van der Waals surface area contributed by atoms with E-state index in [0.717, 1.165) is 0 Å². The monoisotopic (exact) mass is 229 g/mol. The second-order valence-corrected chi connectivity index (χ2v) is 3.62. The van der Waals surface area contributed by atoms with Crippen LogP contribution >= 0.6 is 0 Å². The van der Waals surface area contributed by atoms with Gasteiger partial charge in [-0.05, 0) is 0 Å². The van der Waals surface area contributed by atoms with Gasteiger partial charge in [0.15, 0.2) is 0 Å². The molecule has 1 aromatic heterocycles. The SMILES string of the molecule is Cn1cnc(N)c(C(=O)c2ccccc2)c1=O. The van der Waals surface area contributed by atoms with Crippen LogP contribution < -0.4 is 11.3 Å². The molecule has 0 aliphatic rings. The highest BCUT2D eigenvalue weighted by Gasteiger charge is 2.18. The zero-order valence-corrected chi connectivity index (χ0v) is 9.25. The zero-order valence-electron chi connectivity index (χ0n) is 9.25. The normalized spacial score (nSPS) is 10.2. The number of ketones is 1. The van der Waals surface area contributed by atoms with Gasteiger partial charge >= 0.3 is 0 Å². The second-order valence-electron chi connectivity index (χ2n) is 3.62. The number of anilines is 1. The van der Waals surface area contributed by atoms with Crippen molar-refractivity contribution in [2.24, 2.45) is 7.05 Å². The van der Waals surface area contributed by atoms with E-state index >= 15 is 0 Å². The van der Waals surface area contributed by atoms with Crippen molar-refractivity contribution in [3.63, 3.8) is 0 Å². The third-order valence-electron chi connectivity index (χ3n) is 2.42. The summed E-state index contributed by atoms with van der Waals surface area (Å²) in [5, 5.41) is 0. The van der Waals surface area contributed by atoms with E-state index in [9.17, 15) is 9.59 Å². The molecule has 0 fully saturated rings. The highest BCUT2D eigenvalue weighted by Crippen LogP contribution is 2.09. The van der Waals surface area contributed by atoms with E-state index in [4.69, 9.17) is 5.73 Å². The molecule has 2 rings (SSSR count). The molecule has 0 saturated carbocycles. The van der Waals surface area contributed by atoms with E-state index in [1.807, 2.05) is 0 Å². The molecule has 0 radical (unpaired) electrons. The van der Waals surface area contributed by atoms with Crippen molar-refractivity contribution < 1.29 is 4.79 Å². The zero-order chi connectivity index (χ0) is 12.4. The minimum Gasteiger partial charge on any atom is -0.383 e. The van der Waals surface area contributed by atoms with Gasteiger partial charge in [0.05, 0.1) is 6.33 Å². The van der Waals surface area contributed by atoms with Crippen LogP contribution in [0.5, 0.6) is 0 Å². The number of rotatable bonds is 2. The smallest absolute Gasteiger partial charge is 0.266 e. The first-order chi connectivity index (χ1) is 8.11. The Labute approximate surface area is 97.5 Å². The first kappa shape index (κ1) is 11.1. The minimum absolute atomic E-state index is 0.0399. The Morgan fingerprint density at radius 1 is 1.29 bits per heavy atom. The van der Waals surface area contributed by atoms with Gasteiger partial charge < -0.3 is 10.3 Å². The number of aromatic nitrogens is 2. The largest absolute Gasteiger partial charge is 0.383 e. The summed E-state index contributed by atoms with van der Waals surface area (Å²) in [4.78, 5) is 27.7. The first-order valence-electron chi connectivity index (χ1n) is 5.02. The maximum absolute atomic E-state index is 12.1. The summed E-state index contributed by atoms with van der Waals surface area (Å²) in [6.07, 6.45) is 1.29. The van der Waals surface area contributed by atoms with Crippen LogP contribution in [0.2, 0.25) is 0 Å². The minimum atomic E-state index is -0.439. The summed E-state index contributed by atoms with van der Waals surface area (Å²) in [5.74, 6) is -0.446. The average Bonchev–Trinajstić information content (AvgIpc) is 2.35. The quantitative estimate of drug-likeness (QED) is 0.764. The second kappa shape index (κ2) is 4.21. The van der Waals surface area contributed by atoms with Crippen molar-refractivity contribution in [3.8, 4) is 0 Å². The van der Waals surface area contributed by atoms with Gasteiger partial charge in [0.25, 0.3) is 5.56 Å². The number of benzene rings is 1. The summed E-state index contributed by atoms with van der Waals surface area (Å²) in [7, 11) is 1.52. The maximum atomic E-state index is 12.1. The Kier molecular flexibility index (Phi) is 2.74. The first-order valence-corrected chi connectivity index (χ1v) is 5.02. The standard InChI is InChI=1S/C12H11N3O2/c1-15-7-14-11(13)9(12(15)17)10(16)8-5-3-2-4-6-8/h2-7H,13H2,1H3. The van der Waals surface area contributed by atoms with Gasteiger partial charge in [0.2, 0.25) is 5.78 Å². The van der Waals surface area contributed by atoms with Crippen molar-refractivity contribution in [3.05, 3.63) is 58.1 Å². The van der Waals surface area contributed by atoms with Crippen molar-refractivity contribution in [1.29, 1.82) is 0 Å². The van der Waals surface area contributed by atoms with Gasteiger partial charge in [-0.1, -0.05) is 30.3 Å². The fourth-order valence-corrected chi connectivity index (χ4v) is 1.50. The van der Waals surface area contributed by atoms with E-state index < -0.39 is 11.3 Å². The molecule has 0 unspecified atom stereocenters. The Hall–Kier alpha value is -2.43. The molecule has 1 heterocycles. The fourth-order valence-electron chi connectivity index (χ4n) is 1.50. The number of nitrogen functional groups attached to an aromatic ring is 1. The van der Waals surface area contributed by atoms with Crippen LogP contribution in [-0.4, -0.2) is 15.3 Å². The van der Waals surface area contributed by atoms with Gasteiger partial charge in [-0.25, -0.2) is 4.98 Å². The molecule has 0 spiro atoms. The maximum Gasteiger partial charge on any atom is 0.266 e. The number of carbonyl (C=O) groups is 1. The summed E-state index contributed by atoms with van der Waals surface area (Å²) >= 11 is 0. The summed E-state index contributed by atoms with van der Waals surface area (Å²) in [6.45, 7) is 0. The van der Waals surface area contributed by atoms with Gasteiger partial charge in [-0.15, -0.1) is 0 Å². The Balaban J connectivity index is 2.60. The molecule has 17 heavy (non-hydrogen) atoms. The molecule has 86 valence electrons. The van der Waals surface area contributed by atoms with Crippen LogP contribution in [0.1, 0.15) is 15.9 Å². The molecule has 0 saturated heterocycles. The van der Waals surface area contributed by atoms with Gasteiger partial charge in [-0.3, -0.25) is 9.59 Å². The molecule has 0 bridgehead atoms. The number of hydrogen-bond donors (Lipinski definition) is 1. The van der Waals surface area contributed by atoms with Gasteiger partial charge in [0.1, 0.15) is 11.4 Å². The molecule has 5 nitrogen and oxygen atoms in total. The highest BCUT2D eigenvalue weighted by atomic mass is 16.1. The summed E-state index contributed by atoms with van der Waals surface area (Å²) in [6, 6.07) is 8.51. The number of nitrogens with zero attached hydrogens (tertiary/aromatic N) is 2. The van der Waals surface area contributed by atoms with E-state index in [1.54, 1.807) is 30.3 Å². The van der Waals surface area contributed by atoms with Crippen LogP contribution in [-0.2, 0) is 7.05 Å². The van der Waals surface area contributed by atoms with Crippen molar-refractivity contribution in [2.75, 3.05) is 5.73 Å². The lowest BCUT2D eigenvalue weighted by atomic mass is 10.1. The van der Waals surface area contributed by atoms with Crippen molar-refractivity contribution >= 4 is 11.6 Å². The number of carbonyl (C=O) groups excluding carboxylic acids is 1. The van der Waals surface area contributed by atoms with E-state index in [1.165, 1.54) is 17.9 Å². The van der Waals surface area contributed by atoms with Crippen molar-refractivity contribution in [2.45, 2.75) is 0 Å². The average molecular weight is 229 g/mol. The lowest BCUT2D eigenvalue weighted by Gasteiger charge is -2.05. The highest BCUT2D eigenvalue weighted by molar-refractivity contribution is 6.11. The fraction of sp³-hybridized carbons (Fsp3) is 0.0833. The molecule has 0 amide bonds. The third-order valence-corrected chi connectivity index (χ3v) is 2.42. The predicted molar refractivity (Wildman–Crippen MR) is 63.8 cm³/mol. The molecule has 2 N–H and O–H groups in total. The van der Waals surface area contributed by atoms with Crippen molar-refractivity contribution in [1.82, 2.24) is 9.55 Å². The molecule has 5 heteroatoms. The topological polar surface area (TPSA) is 78.0 Å². The van der Waals surface area contributed by atoms with E-state index in [0.29, 0.717) is 5.56 Å². The molecular weight excluding hydrogens is 218 g/mol. The van der Waals surface area contributed by atoms with Gasteiger partial charge in [-0.2, -0.15) is 0 Å². The molecular formula is C12H11N3O2. The Bertz CT molecular complexity index is 617. The van der Waals surface area contributed by atoms with Crippen LogP contribution in [0.15, 0.2) is 41.5 Å². The molecule has 0 aliphatic carbocycles. The Morgan fingerprint density at radius 3 is 2.59 bits per heavy atom. The summed E-state index contributed by atoms with van der Waals surface area (Å²) in [5.41, 5.74) is 5.48. The summed E-state index contributed by atoms with van der Waals surface area (Å²) < 4.78 is 1.23. The predicted octanol–water partition coefficient (Wildman–Crippen LogP) is 0.594. The van der Waals surface area contributed by atoms with E-state index in [-0.39, 0.29) is 11.4 Å². The van der Waals surface area contributed by atoms with Crippen LogP contribution in [0.4, 0.5) is 5.82 Å². The number of nitrogens with two attached hydrogens (primary N) is 1.